The fourth-order valence-corrected chi connectivity index (χ4v) is 2.26. The quantitative estimate of drug-likeness (QED) is 0.783. The molecular formula is C17H18F3N. The van der Waals surface area contributed by atoms with Gasteiger partial charge in [0.25, 0.3) is 0 Å². The molecule has 0 aliphatic carbocycles. The van der Waals surface area contributed by atoms with Gasteiger partial charge in [-0.3, -0.25) is 0 Å². The molecule has 2 aromatic rings. The molecule has 0 spiro atoms. The molecule has 0 saturated carbocycles. The molecule has 0 aliphatic heterocycles. The molecule has 0 heterocycles. The van der Waals surface area contributed by atoms with Crippen molar-refractivity contribution in [1.82, 2.24) is 0 Å². The largest absolute Gasteiger partial charge is 0.416 e. The topological polar surface area (TPSA) is 12.0 Å². The van der Waals surface area contributed by atoms with E-state index in [1.165, 1.54) is 6.07 Å². The Morgan fingerprint density at radius 2 is 1.57 bits per heavy atom. The lowest BCUT2D eigenvalue weighted by molar-refractivity contribution is -0.137. The summed E-state index contributed by atoms with van der Waals surface area (Å²) in [4.78, 5) is 0. The Morgan fingerprint density at radius 1 is 0.905 bits per heavy atom. The van der Waals surface area contributed by atoms with Crippen molar-refractivity contribution in [2.45, 2.75) is 26.1 Å². The molecule has 0 bridgehead atoms. The number of alkyl halides is 3. The minimum atomic E-state index is -4.32. The molecule has 1 nitrogen and oxygen atoms in total. The first-order chi connectivity index (χ1) is 9.88. The van der Waals surface area contributed by atoms with Crippen LogP contribution in [0, 0.1) is 5.92 Å². The highest BCUT2D eigenvalue weighted by molar-refractivity contribution is 5.48. The van der Waals surface area contributed by atoms with Crippen LogP contribution in [-0.2, 0) is 6.18 Å². The minimum absolute atomic E-state index is 0.0327. The van der Waals surface area contributed by atoms with E-state index in [-0.39, 0.29) is 12.0 Å². The second-order valence-electron chi connectivity index (χ2n) is 5.36. The second kappa shape index (κ2) is 6.20. The maximum atomic E-state index is 12.8. The highest BCUT2D eigenvalue weighted by Gasteiger charge is 2.30. The van der Waals surface area contributed by atoms with Gasteiger partial charge < -0.3 is 5.32 Å². The lowest BCUT2D eigenvalue weighted by Gasteiger charge is -2.24. The van der Waals surface area contributed by atoms with Gasteiger partial charge >= 0.3 is 6.18 Å². The summed E-state index contributed by atoms with van der Waals surface area (Å²) in [5.41, 5.74) is 0.903. The second-order valence-corrected chi connectivity index (χ2v) is 5.36. The highest BCUT2D eigenvalue weighted by Crippen LogP contribution is 2.32. The van der Waals surface area contributed by atoms with Crippen molar-refractivity contribution < 1.29 is 13.2 Å². The fourth-order valence-electron chi connectivity index (χ4n) is 2.26. The summed E-state index contributed by atoms with van der Waals surface area (Å²) in [7, 11) is 0. The van der Waals surface area contributed by atoms with E-state index in [4.69, 9.17) is 0 Å². The molecule has 0 amide bonds. The van der Waals surface area contributed by atoms with Crippen molar-refractivity contribution in [2.75, 3.05) is 5.32 Å². The van der Waals surface area contributed by atoms with Gasteiger partial charge in [0.15, 0.2) is 0 Å². The Bertz CT molecular complexity index is 576. The van der Waals surface area contributed by atoms with Gasteiger partial charge in [-0.15, -0.1) is 0 Å². The summed E-state index contributed by atoms with van der Waals surface area (Å²) in [6.45, 7) is 4.08. The molecule has 0 saturated heterocycles. The van der Waals surface area contributed by atoms with Gasteiger partial charge in [0.05, 0.1) is 11.6 Å². The molecule has 1 N–H and O–H groups in total. The summed E-state index contributed by atoms with van der Waals surface area (Å²) in [5.74, 6) is 0.252. The van der Waals surface area contributed by atoms with Crippen LogP contribution in [0.25, 0.3) is 0 Å². The van der Waals surface area contributed by atoms with Crippen molar-refractivity contribution in [2.24, 2.45) is 5.92 Å². The number of halogens is 3. The molecule has 1 unspecified atom stereocenters. The Labute approximate surface area is 122 Å². The van der Waals surface area contributed by atoms with Crippen molar-refractivity contribution in [1.29, 1.82) is 0 Å². The van der Waals surface area contributed by atoms with Gasteiger partial charge in [-0.05, 0) is 29.7 Å². The average Bonchev–Trinajstić information content (AvgIpc) is 2.45. The van der Waals surface area contributed by atoms with E-state index >= 15 is 0 Å². The van der Waals surface area contributed by atoms with E-state index in [9.17, 15) is 13.2 Å². The zero-order chi connectivity index (χ0) is 15.5. The van der Waals surface area contributed by atoms with Crippen LogP contribution in [0.1, 0.15) is 31.0 Å². The summed E-state index contributed by atoms with van der Waals surface area (Å²) in [6, 6.07) is 15.0. The first-order valence-electron chi connectivity index (χ1n) is 6.86. The number of rotatable bonds is 4. The maximum Gasteiger partial charge on any atom is 0.416 e. The van der Waals surface area contributed by atoms with Crippen molar-refractivity contribution in [3.8, 4) is 0 Å². The summed E-state index contributed by atoms with van der Waals surface area (Å²) in [5, 5.41) is 3.21. The third-order valence-corrected chi connectivity index (χ3v) is 3.34. The number of hydrogen-bond acceptors (Lipinski definition) is 1. The van der Waals surface area contributed by atoms with Crippen LogP contribution in [0.5, 0.6) is 0 Å². The van der Waals surface area contributed by atoms with Gasteiger partial charge in [0, 0.05) is 5.69 Å². The lowest BCUT2D eigenvalue weighted by Crippen LogP contribution is -2.17. The van der Waals surface area contributed by atoms with Gasteiger partial charge in [-0.1, -0.05) is 50.2 Å². The predicted molar refractivity (Wildman–Crippen MR) is 79.1 cm³/mol. The van der Waals surface area contributed by atoms with Gasteiger partial charge in [-0.25, -0.2) is 0 Å². The lowest BCUT2D eigenvalue weighted by atomic mass is 9.95. The summed E-state index contributed by atoms with van der Waals surface area (Å²) >= 11 is 0. The van der Waals surface area contributed by atoms with Crippen LogP contribution in [0.2, 0.25) is 0 Å². The molecular weight excluding hydrogens is 275 g/mol. The first kappa shape index (κ1) is 15.4. The highest BCUT2D eigenvalue weighted by atomic mass is 19.4. The third kappa shape index (κ3) is 4.00. The Kier molecular flexibility index (Phi) is 4.56. The normalized spacial score (nSPS) is 13.2. The van der Waals surface area contributed by atoms with E-state index in [1.54, 1.807) is 6.07 Å². The van der Waals surface area contributed by atoms with Crippen LogP contribution < -0.4 is 5.32 Å². The van der Waals surface area contributed by atoms with E-state index in [0.29, 0.717) is 5.69 Å². The first-order valence-corrected chi connectivity index (χ1v) is 6.86. The SMILES string of the molecule is CC(C)C(Nc1cccc(C(F)(F)F)c1)c1ccccc1. The summed E-state index contributed by atoms with van der Waals surface area (Å²) in [6.07, 6.45) is -4.32. The molecule has 112 valence electrons. The van der Waals surface area contributed by atoms with E-state index in [1.807, 2.05) is 44.2 Å². The van der Waals surface area contributed by atoms with Gasteiger partial charge in [0.1, 0.15) is 0 Å². The monoisotopic (exact) mass is 293 g/mol. The van der Waals surface area contributed by atoms with Crippen LogP contribution in [0.15, 0.2) is 54.6 Å². The molecule has 2 aromatic carbocycles. The average molecular weight is 293 g/mol. The Hall–Kier alpha value is -1.97. The van der Waals surface area contributed by atoms with Crippen molar-refractivity contribution >= 4 is 5.69 Å². The molecule has 21 heavy (non-hydrogen) atoms. The molecule has 2 rings (SSSR count). The molecule has 0 aliphatic rings. The van der Waals surface area contributed by atoms with Crippen LogP contribution in [-0.4, -0.2) is 0 Å². The molecule has 0 aromatic heterocycles. The third-order valence-electron chi connectivity index (χ3n) is 3.34. The number of hydrogen-bond donors (Lipinski definition) is 1. The smallest absolute Gasteiger partial charge is 0.378 e. The molecule has 4 heteroatoms. The predicted octanol–water partition coefficient (Wildman–Crippen LogP) is 5.51. The van der Waals surface area contributed by atoms with E-state index < -0.39 is 11.7 Å². The summed E-state index contributed by atoms with van der Waals surface area (Å²) < 4.78 is 38.3. The minimum Gasteiger partial charge on any atom is -0.378 e. The van der Waals surface area contributed by atoms with Crippen LogP contribution in [0.3, 0.4) is 0 Å². The number of benzene rings is 2. The number of nitrogens with one attached hydrogen (secondary N) is 1. The fraction of sp³-hybridized carbons (Fsp3) is 0.294. The van der Waals surface area contributed by atoms with E-state index in [0.717, 1.165) is 17.7 Å². The molecule has 0 radical (unpaired) electrons. The van der Waals surface area contributed by atoms with Crippen molar-refractivity contribution in [3.05, 3.63) is 65.7 Å². The zero-order valence-corrected chi connectivity index (χ0v) is 12.0. The maximum absolute atomic E-state index is 12.8. The zero-order valence-electron chi connectivity index (χ0n) is 12.0. The van der Waals surface area contributed by atoms with Crippen molar-refractivity contribution in [3.63, 3.8) is 0 Å². The van der Waals surface area contributed by atoms with Gasteiger partial charge in [-0.2, -0.15) is 13.2 Å². The van der Waals surface area contributed by atoms with Crippen LogP contribution in [0.4, 0.5) is 18.9 Å². The van der Waals surface area contributed by atoms with Gasteiger partial charge in [0.2, 0.25) is 0 Å². The Morgan fingerprint density at radius 3 is 2.14 bits per heavy atom. The number of anilines is 1. The molecule has 1 atom stereocenters. The molecule has 0 fully saturated rings. The Balaban J connectivity index is 2.26. The standard InChI is InChI=1S/C17H18F3N/c1-12(2)16(13-7-4-3-5-8-13)21-15-10-6-9-14(11-15)17(18,19)20/h3-12,16,21H,1-2H3. The van der Waals surface area contributed by atoms with Crippen LogP contribution >= 0.6 is 0 Å². The van der Waals surface area contributed by atoms with E-state index in [2.05, 4.69) is 5.32 Å².